The highest BCUT2D eigenvalue weighted by Gasteiger charge is 2.45. The molecule has 9 heteroatoms. The number of likely N-dealkylation sites (N-methyl/N-ethyl adjacent to an activating group) is 1. The normalized spacial score (nSPS) is 14.5. The number of halogens is 1. The predicted octanol–water partition coefficient (Wildman–Crippen LogP) is 1.46. The van der Waals surface area contributed by atoms with Crippen LogP contribution in [0.15, 0.2) is 36.4 Å². The first kappa shape index (κ1) is 22.3. The van der Waals surface area contributed by atoms with Gasteiger partial charge in [-0.2, -0.15) is 0 Å². The average molecular weight is 425 g/mol. The molecule has 2 N–H and O–H groups in total. The number of fused-ring (bicyclic) bond motifs is 1. The monoisotopic (exact) mass is 425 g/mol. The van der Waals surface area contributed by atoms with Gasteiger partial charge in [-0.3, -0.25) is 9.59 Å². The van der Waals surface area contributed by atoms with Crippen molar-refractivity contribution >= 4 is 31.6 Å². The number of nitrogens with zero attached hydrogens (tertiary/aromatic N) is 1. The second kappa shape index (κ2) is 9.20. The standard InChI is InChI=1S/C22H25BFN3O4/c1-25-17-8-3-6-14(19(17)24)13-31-18-9-4-7-15-16(18)12-27(20(15)29)22(23,10-5-11-28)21(30)26-2/h3-4,6-9,11,25H,5,10,12-13,23H2,1-2H3,(H,26,30). The van der Waals surface area contributed by atoms with Crippen molar-refractivity contribution in [3.8, 4) is 5.75 Å². The van der Waals surface area contributed by atoms with Crippen molar-refractivity contribution < 1.29 is 23.5 Å². The molecule has 0 aromatic heterocycles. The van der Waals surface area contributed by atoms with Gasteiger partial charge < -0.3 is 25.1 Å². The highest BCUT2D eigenvalue weighted by Crippen LogP contribution is 2.36. The van der Waals surface area contributed by atoms with Crippen LogP contribution >= 0.6 is 0 Å². The molecule has 2 amide bonds. The molecule has 7 nitrogen and oxygen atoms in total. The average Bonchev–Trinajstić information content (AvgIpc) is 3.14. The SMILES string of the molecule is BC(CCC=O)(C(=O)NC)N1Cc2c(OCc3cccc(NC)c3F)cccc2C1=O. The van der Waals surface area contributed by atoms with Crippen molar-refractivity contribution in [1.82, 2.24) is 10.2 Å². The maximum atomic E-state index is 14.5. The van der Waals surface area contributed by atoms with Crippen LogP contribution in [-0.4, -0.2) is 50.4 Å². The van der Waals surface area contributed by atoms with Crippen molar-refractivity contribution in [2.45, 2.75) is 31.4 Å². The molecule has 1 atom stereocenters. The van der Waals surface area contributed by atoms with Crippen LogP contribution in [0.3, 0.4) is 0 Å². The third-order valence-corrected chi connectivity index (χ3v) is 5.72. The van der Waals surface area contributed by atoms with Gasteiger partial charge >= 0.3 is 0 Å². The maximum Gasteiger partial charge on any atom is 0.254 e. The zero-order valence-corrected chi connectivity index (χ0v) is 17.8. The molecule has 1 aliphatic heterocycles. The van der Waals surface area contributed by atoms with Crippen molar-refractivity contribution in [3.05, 3.63) is 58.9 Å². The summed E-state index contributed by atoms with van der Waals surface area (Å²) in [5.74, 6) is -0.585. The van der Waals surface area contributed by atoms with Crippen LogP contribution in [0.1, 0.15) is 34.3 Å². The Bertz CT molecular complexity index is 1020. The van der Waals surface area contributed by atoms with Crippen LogP contribution in [0.2, 0.25) is 0 Å². The van der Waals surface area contributed by atoms with E-state index in [0.717, 1.165) is 6.29 Å². The van der Waals surface area contributed by atoms with Crippen LogP contribution in [0.5, 0.6) is 5.75 Å². The number of rotatable bonds is 9. The number of carbonyl (C=O) groups excluding carboxylic acids is 3. The second-order valence-corrected chi connectivity index (χ2v) is 7.55. The highest BCUT2D eigenvalue weighted by molar-refractivity contribution is 6.30. The molecule has 1 heterocycles. The Labute approximate surface area is 181 Å². The van der Waals surface area contributed by atoms with Gasteiger partial charge in [-0.25, -0.2) is 4.39 Å². The van der Waals surface area contributed by atoms with Crippen LogP contribution in [0.25, 0.3) is 0 Å². The van der Waals surface area contributed by atoms with Crippen LogP contribution in [0.4, 0.5) is 10.1 Å². The lowest BCUT2D eigenvalue weighted by molar-refractivity contribution is -0.127. The third kappa shape index (κ3) is 4.12. The number of nitrogens with one attached hydrogen (secondary N) is 2. The van der Waals surface area contributed by atoms with Crippen LogP contribution in [-0.2, 0) is 22.7 Å². The summed E-state index contributed by atoms with van der Waals surface area (Å²) in [6, 6.07) is 10.1. The lowest BCUT2D eigenvalue weighted by Gasteiger charge is -2.37. The Morgan fingerprint density at radius 3 is 2.71 bits per heavy atom. The molecule has 31 heavy (non-hydrogen) atoms. The van der Waals surface area contributed by atoms with Crippen LogP contribution in [0, 0.1) is 5.82 Å². The van der Waals surface area contributed by atoms with Gasteiger partial charge in [0.25, 0.3) is 5.91 Å². The van der Waals surface area contributed by atoms with Gasteiger partial charge in [0.05, 0.1) is 17.7 Å². The first-order valence-corrected chi connectivity index (χ1v) is 10.0. The minimum Gasteiger partial charge on any atom is -0.488 e. The number of carbonyl (C=O) groups is 3. The number of anilines is 1. The van der Waals surface area contributed by atoms with Gasteiger partial charge in [-0.05, 0) is 24.6 Å². The largest absolute Gasteiger partial charge is 0.488 e. The smallest absolute Gasteiger partial charge is 0.254 e. The van der Waals surface area contributed by atoms with Crippen LogP contribution < -0.4 is 15.4 Å². The van der Waals surface area contributed by atoms with Crippen molar-refractivity contribution in [1.29, 1.82) is 0 Å². The fraction of sp³-hybridized carbons (Fsp3) is 0.318. The molecule has 2 aromatic rings. The minimum atomic E-state index is -1.18. The molecule has 0 bridgehead atoms. The van der Waals surface area contributed by atoms with Crippen molar-refractivity contribution in [3.63, 3.8) is 0 Å². The van der Waals surface area contributed by atoms with E-state index in [-0.39, 0.29) is 37.8 Å². The number of amides is 2. The van der Waals surface area contributed by atoms with Gasteiger partial charge in [0.15, 0.2) is 5.82 Å². The molecule has 0 spiro atoms. The fourth-order valence-electron chi connectivity index (χ4n) is 3.86. The van der Waals surface area contributed by atoms with Gasteiger partial charge in [-0.15, -0.1) is 0 Å². The first-order valence-electron chi connectivity index (χ1n) is 10.0. The summed E-state index contributed by atoms with van der Waals surface area (Å²) >= 11 is 0. The fourth-order valence-corrected chi connectivity index (χ4v) is 3.86. The molecule has 3 rings (SSSR count). The minimum absolute atomic E-state index is 0.0101. The summed E-state index contributed by atoms with van der Waals surface area (Å²) in [6.07, 6.45) is 1.08. The summed E-state index contributed by atoms with van der Waals surface area (Å²) in [5.41, 5.74) is 0.641. The Balaban J connectivity index is 1.88. The molecule has 1 unspecified atom stereocenters. The van der Waals surface area contributed by atoms with Gasteiger partial charge in [-0.1, -0.05) is 18.2 Å². The summed E-state index contributed by atoms with van der Waals surface area (Å²) in [4.78, 5) is 38.1. The van der Waals surface area contributed by atoms with E-state index >= 15 is 0 Å². The second-order valence-electron chi connectivity index (χ2n) is 7.55. The molecular formula is C22H25BFN3O4. The summed E-state index contributed by atoms with van der Waals surface area (Å²) in [5, 5.41) is 5.38. The zero-order chi connectivity index (χ0) is 22.6. The van der Waals surface area contributed by atoms with Crippen molar-refractivity contribution in [2.75, 3.05) is 19.4 Å². The number of hydrogen-bond donors (Lipinski definition) is 2. The Morgan fingerprint density at radius 2 is 2.03 bits per heavy atom. The first-order chi connectivity index (χ1) is 14.9. The van der Waals surface area contributed by atoms with E-state index in [1.165, 1.54) is 11.9 Å². The lowest BCUT2D eigenvalue weighted by Crippen LogP contribution is -2.59. The Morgan fingerprint density at radius 1 is 1.29 bits per heavy atom. The highest BCUT2D eigenvalue weighted by atomic mass is 19.1. The molecule has 0 radical (unpaired) electrons. The van der Waals surface area contributed by atoms with E-state index < -0.39 is 11.3 Å². The topological polar surface area (TPSA) is 87.7 Å². The quantitative estimate of drug-likeness (QED) is 0.469. The molecule has 0 aliphatic carbocycles. The summed E-state index contributed by atoms with van der Waals surface area (Å²) in [6.45, 7) is 0.149. The van der Waals surface area contributed by atoms with Gasteiger partial charge in [0.1, 0.15) is 26.5 Å². The van der Waals surface area contributed by atoms with E-state index in [1.54, 1.807) is 51.3 Å². The number of aldehydes is 1. The molecule has 0 fully saturated rings. The summed E-state index contributed by atoms with van der Waals surface area (Å²) < 4.78 is 20.4. The van der Waals surface area contributed by atoms with E-state index in [2.05, 4.69) is 10.6 Å². The van der Waals surface area contributed by atoms with Crippen molar-refractivity contribution in [2.24, 2.45) is 0 Å². The predicted molar refractivity (Wildman–Crippen MR) is 117 cm³/mol. The van der Waals surface area contributed by atoms with E-state index in [0.29, 0.717) is 28.1 Å². The van der Waals surface area contributed by atoms with Gasteiger partial charge in [0, 0.05) is 37.2 Å². The molecule has 0 saturated carbocycles. The molecule has 2 aromatic carbocycles. The number of benzene rings is 2. The molecule has 162 valence electrons. The summed E-state index contributed by atoms with van der Waals surface area (Å²) in [7, 11) is 4.79. The maximum absolute atomic E-state index is 14.5. The molecule has 1 aliphatic rings. The van der Waals surface area contributed by atoms with E-state index in [1.807, 2.05) is 0 Å². The van der Waals surface area contributed by atoms with Gasteiger partial charge in [0.2, 0.25) is 5.91 Å². The molecular weight excluding hydrogens is 400 g/mol. The number of ether oxygens (including phenoxy) is 1. The zero-order valence-electron chi connectivity index (χ0n) is 17.8. The lowest BCUT2D eigenvalue weighted by atomic mass is 9.71. The molecule has 0 saturated heterocycles. The van der Waals surface area contributed by atoms with E-state index in [9.17, 15) is 18.8 Å². The third-order valence-electron chi connectivity index (χ3n) is 5.72. The van der Waals surface area contributed by atoms with E-state index in [4.69, 9.17) is 4.74 Å². The number of hydrogen-bond acceptors (Lipinski definition) is 5. The Hall–Kier alpha value is -3.36. The Kier molecular flexibility index (Phi) is 6.63.